The van der Waals surface area contributed by atoms with Crippen molar-refractivity contribution in [2.75, 3.05) is 13.2 Å². The van der Waals surface area contributed by atoms with Crippen molar-refractivity contribution in [3.8, 4) is 0 Å². The van der Waals surface area contributed by atoms with E-state index in [4.69, 9.17) is 9.47 Å². The Hall–Kier alpha value is -0.310. The third-order valence-corrected chi connectivity index (χ3v) is 1.39. The van der Waals surface area contributed by atoms with Gasteiger partial charge in [0.2, 0.25) is 0 Å². The van der Waals surface area contributed by atoms with Crippen LogP contribution in [-0.4, -0.2) is 13.2 Å². The molecular weight excluding hydrogens is 148 g/mol. The molecular formula is C7H14O2S. The molecule has 0 amide bonds. The van der Waals surface area contributed by atoms with E-state index >= 15 is 0 Å². The van der Waals surface area contributed by atoms with Crippen molar-refractivity contribution in [3.63, 3.8) is 0 Å². The van der Waals surface area contributed by atoms with Crippen LogP contribution in [0.1, 0.15) is 20.8 Å². The molecule has 0 saturated heterocycles. The maximum Gasteiger partial charge on any atom is 0.187 e. The van der Waals surface area contributed by atoms with Gasteiger partial charge in [-0.2, -0.15) is 0 Å². The lowest BCUT2D eigenvalue weighted by Gasteiger charge is -2.15. The van der Waals surface area contributed by atoms with Crippen LogP contribution in [0.15, 0.2) is 10.9 Å². The molecule has 0 aromatic carbocycles. The van der Waals surface area contributed by atoms with Crippen LogP contribution >= 0.6 is 12.6 Å². The number of hydrogen-bond acceptors (Lipinski definition) is 3. The van der Waals surface area contributed by atoms with E-state index in [2.05, 4.69) is 12.6 Å². The van der Waals surface area contributed by atoms with Gasteiger partial charge in [-0.1, -0.05) is 13.8 Å². The summed E-state index contributed by atoms with van der Waals surface area (Å²) in [4.78, 5) is 0. The van der Waals surface area contributed by atoms with Crippen molar-refractivity contribution >= 4 is 12.6 Å². The van der Waals surface area contributed by atoms with E-state index in [1.165, 1.54) is 0 Å². The minimum Gasteiger partial charge on any atom is -0.490 e. The normalized spacial score (nSPS) is 16.4. The van der Waals surface area contributed by atoms with Gasteiger partial charge in [-0.25, -0.2) is 0 Å². The first kappa shape index (κ1) is 9.69. The van der Waals surface area contributed by atoms with Gasteiger partial charge in [-0.05, 0) is 6.92 Å². The second-order valence-corrected chi connectivity index (χ2v) is 1.96. The summed E-state index contributed by atoms with van der Waals surface area (Å²) in [6.45, 7) is 7.10. The van der Waals surface area contributed by atoms with Crippen molar-refractivity contribution in [1.29, 1.82) is 0 Å². The summed E-state index contributed by atoms with van der Waals surface area (Å²) in [5, 5.41) is 0.608. The van der Waals surface area contributed by atoms with Crippen LogP contribution in [0.25, 0.3) is 0 Å². The predicted octanol–water partition coefficient (Wildman–Crippen LogP) is 2.18. The Morgan fingerprint density at radius 1 is 1.20 bits per heavy atom. The molecule has 0 saturated carbocycles. The number of ether oxygens (including phenoxy) is 2. The predicted molar refractivity (Wildman–Crippen MR) is 44.9 cm³/mol. The Labute approximate surface area is 67.6 Å². The van der Waals surface area contributed by atoms with Crippen molar-refractivity contribution in [3.05, 3.63) is 10.9 Å². The molecule has 0 spiro atoms. The summed E-state index contributed by atoms with van der Waals surface area (Å²) in [5.41, 5.74) is 0. The van der Waals surface area contributed by atoms with E-state index in [1.54, 1.807) is 0 Å². The second-order valence-electron chi connectivity index (χ2n) is 1.56. The molecule has 0 aliphatic carbocycles. The SMILES string of the molecule is CC.CC1=C(S)OCCO1. The fourth-order valence-electron chi connectivity index (χ4n) is 0.496. The summed E-state index contributed by atoms with van der Waals surface area (Å²) in [6, 6.07) is 0. The van der Waals surface area contributed by atoms with Gasteiger partial charge >= 0.3 is 0 Å². The molecule has 0 N–H and O–H groups in total. The molecule has 0 radical (unpaired) electrons. The van der Waals surface area contributed by atoms with Crippen LogP contribution < -0.4 is 0 Å². The lowest BCUT2D eigenvalue weighted by Crippen LogP contribution is -2.09. The highest BCUT2D eigenvalue weighted by molar-refractivity contribution is 7.84. The molecule has 0 atom stereocenters. The third kappa shape index (κ3) is 3.01. The molecule has 0 fully saturated rings. The highest BCUT2D eigenvalue weighted by Crippen LogP contribution is 2.14. The minimum atomic E-state index is 0.608. The molecule has 1 aliphatic rings. The molecule has 0 unspecified atom stereocenters. The van der Waals surface area contributed by atoms with E-state index in [0.717, 1.165) is 5.76 Å². The van der Waals surface area contributed by atoms with E-state index in [9.17, 15) is 0 Å². The van der Waals surface area contributed by atoms with Crippen LogP contribution in [0.3, 0.4) is 0 Å². The maximum absolute atomic E-state index is 5.07. The quantitative estimate of drug-likeness (QED) is 0.550. The topological polar surface area (TPSA) is 18.5 Å². The van der Waals surface area contributed by atoms with Crippen LogP contribution in [-0.2, 0) is 9.47 Å². The van der Waals surface area contributed by atoms with Gasteiger partial charge in [-0.15, -0.1) is 12.6 Å². The van der Waals surface area contributed by atoms with E-state index in [-0.39, 0.29) is 0 Å². The fourth-order valence-corrected chi connectivity index (χ4v) is 0.652. The molecule has 1 heterocycles. The molecule has 0 aromatic rings. The summed E-state index contributed by atoms with van der Waals surface area (Å²) in [6.07, 6.45) is 0. The number of hydrogen-bond donors (Lipinski definition) is 1. The first-order valence-corrected chi connectivity index (χ1v) is 3.91. The van der Waals surface area contributed by atoms with Gasteiger partial charge in [-0.3, -0.25) is 0 Å². The number of rotatable bonds is 0. The van der Waals surface area contributed by atoms with Crippen LogP contribution in [0.4, 0.5) is 0 Å². The standard InChI is InChI=1S/C5H8O2S.C2H6/c1-4-5(8)7-3-2-6-4;1-2/h8H,2-3H2,1H3;1-2H3. The Morgan fingerprint density at radius 3 is 2.00 bits per heavy atom. The Morgan fingerprint density at radius 2 is 1.70 bits per heavy atom. The third-order valence-electron chi connectivity index (χ3n) is 0.942. The molecule has 60 valence electrons. The summed E-state index contributed by atoms with van der Waals surface area (Å²) in [7, 11) is 0. The smallest absolute Gasteiger partial charge is 0.187 e. The zero-order valence-corrected chi connectivity index (χ0v) is 7.57. The summed E-state index contributed by atoms with van der Waals surface area (Å²) >= 11 is 3.99. The van der Waals surface area contributed by atoms with Gasteiger partial charge in [0, 0.05) is 0 Å². The lowest BCUT2D eigenvalue weighted by atomic mass is 10.6. The monoisotopic (exact) mass is 162 g/mol. The van der Waals surface area contributed by atoms with Gasteiger partial charge in [0.15, 0.2) is 5.09 Å². The molecule has 0 aromatic heterocycles. The van der Waals surface area contributed by atoms with Gasteiger partial charge in [0.25, 0.3) is 0 Å². The average Bonchev–Trinajstić information content (AvgIpc) is 2.00. The Balaban J connectivity index is 0.000000371. The molecule has 2 nitrogen and oxygen atoms in total. The van der Waals surface area contributed by atoms with Crippen LogP contribution in [0.2, 0.25) is 0 Å². The van der Waals surface area contributed by atoms with Crippen LogP contribution in [0, 0.1) is 0 Å². The Bertz CT molecular complexity index is 107. The van der Waals surface area contributed by atoms with Crippen molar-refractivity contribution in [2.24, 2.45) is 0 Å². The van der Waals surface area contributed by atoms with Gasteiger partial charge in [0.1, 0.15) is 19.0 Å². The summed E-state index contributed by atoms with van der Waals surface area (Å²) < 4.78 is 10.1. The molecule has 1 rings (SSSR count). The lowest BCUT2D eigenvalue weighted by molar-refractivity contribution is 0.0796. The number of thiol groups is 1. The van der Waals surface area contributed by atoms with Gasteiger partial charge in [0.05, 0.1) is 0 Å². The molecule has 10 heavy (non-hydrogen) atoms. The van der Waals surface area contributed by atoms with E-state index < -0.39 is 0 Å². The summed E-state index contributed by atoms with van der Waals surface area (Å²) in [5.74, 6) is 0.777. The maximum atomic E-state index is 5.07. The minimum absolute atomic E-state index is 0.608. The highest BCUT2D eigenvalue weighted by Gasteiger charge is 2.05. The molecule has 0 bridgehead atoms. The molecule has 3 heteroatoms. The first-order chi connectivity index (χ1) is 4.80. The largest absolute Gasteiger partial charge is 0.490 e. The zero-order chi connectivity index (χ0) is 7.98. The number of allylic oxidation sites excluding steroid dienone is 1. The average molecular weight is 162 g/mol. The highest BCUT2D eigenvalue weighted by atomic mass is 32.1. The fraction of sp³-hybridized carbons (Fsp3) is 0.714. The van der Waals surface area contributed by atoms with Crippen molar-refractivity contribution < 1.29 is 9.47 Å². The second kappa shape index (κ2) is 5.47. The van der Waals surface area contributed by atoms with E-state index in [0.29, 0.717) is 18.3 Å². The zero-order valence-electron chi connectivity index (χ0n) is 6.68. The van der Waals surface area contributed by atoms with Crippen molar-refractivity contribution in [2.45, 2.75) is 20.8 Å². The van der Waals surface area contributed by atoms with E-state index in [1.807, 2.05) is 20.8 Å². The van der Waals surface area contributed by atoms with Gasteiger partial charge < -0.3 is 9.47 Å². The first-order valence-electron chi connectivity index (χ1n) is 3.46. The Kier molecular flexibility index (Phi) is 5.30. The molecule has 1 aliphatic heterocycles. The van der Waals surface area contributed by atoms with Crippen molar-refractivity contribution in [1.82, 2.24) is 0 Å². The van der Waals surface area contributed by atoms with Crippen LogP contribution in [0.5, 0.6) is 0 Å².